The summed E-state index contributed by atoms with van der Waals surface area (Å²) in [7, 11) is 2.17. The number of hydrogen-bond donors (Lipinski definition) is 0. The first-order chi connectivity index (χ1) is 14.2. The Kier molecular flexibility index (Phi) is 2.66. The average Bonchev–Trinajstić information content (AvgIpc) is 3.10. The van der Waals surface area contributed by atoms with Gasteiger partial charge in [0.15, 0.2) is 6.20 Å². The van der Waals surface area contributed by atoms with E-state index in [-0.39, 0.29) is 0 Å². The van der Waals surface area contributed by atoms with Gasteiger partial charge >= 0.3 is 0 Å². The lowest BCUT2D eigenvalue weighted by atomic mass is 9.96. The lowest BCUT2D eigenvalue weighted by molar-refractivity contribution is -0.643. The maximum absolute atomic E-state index is 2.49. The van der Waals surface area contributed by atoms with Gasteiger partial charge in [0.25, 0.3) is 0 Å². The predicted octanol–water partition coefficient (Wildman–Crippen LogP) is 6.28. The highest BCUT2D eigenvalue weighted by Crippen LogP contribution is 2.42. The van der Waals surface area contributed by atoms with E-state index in [0.717, 1.165) is 0 Å². The minimum Gasteiger partial charge on any atom is -0.307 e. The number of pyridine rings is 2. The Morgan fingerprint density at radius 3 is 2.38 bits per heavy atom. The number of rotatable bonds is 0. The van der Waals surface area contributed by atoms with E-state index in [1.807, 2.05) is 0 Å². The Hall–Kier alpha value is -3.65. The van der Waals surface area contributed by atoms with Crippen molar-refractivity contribution in [1.29, 1.82) is 0 Å². The molecular weight excluding hydrogens is 352 g/mol. The van der Waals surface area contributed by atoms with Crippen LogP contribution in [0, 0.1) is 6.92 Å². The van der Waals surface area contributed by atoms with Gasteiger partial charge in [-0.3, -0.25) is 0 Å². The number of para-hydroxylation sites is 1. The fourth-order valence-electron chi connectivity index (χ4n) is 5.44. The van der Waals surface area contributed by atoms with Crippen molar-refractivity contribution in [2.75, 3.05) is 0 Å². The van der Waals surface area contributed by atoms with Gasteiger partial charge < -0.3 is 4.40 Å². The third kappa shape index (κ3) is 1.71. The lowest BCUT2D eigenvalue weighted by Crippen LogP contribution is -2.28. The predicted molar refractivity (Wildman–Crippen MR) is 122 cm³/mol. The molecule has 2 nitrogen and oxygen atoms in total. The van der Waals surface area contributed by atoms with Crippen molar-refractivity contribution < 1.29 is 4.57 Å². The number of aromatic nitrogens is 2. The molecule has 0 atom stereocenters. The second-order valence-corrected chi connectivity index (χ2v) is 8.17. The van der Waals surface area contributed by atoms with E-state index >= 15 is 0 Å². The topological polar surface area (TPSA) is 8.29 Å². The molecule has 0 fully saturated rings. The molecule has 7 aromatic rings. The number of aryl methyl sites for hydroxylation is 2. The molecule has 0 aliphatic heterocycles. The zero-order valence-corrected chi connectivity index (χ0v) is 16.4. The SMILES string of the molecule is Cc1c2ccccc2cc2c1c1c3c(ccc4c5ccccc5n2c43)cc[n+]1C. The van der Waals surface area contributed by atoms with Crippen molar-refractivity contribution in [3.63, 3.8) is 0 Å². The zero-order chi connectivity index (χ0) is 19.3. The van der Waals surface area contributed by atoms with E-state index in [2.05, 4.69) is 102 Å². The molecule has 29 heavy (non-hydrogen) atoms. The number of fused-ring (bicyclic) bond motifs is 7. The third-order valence-electron chi connectivity index (χ3n) is 6.70. The summed E-state index contributed by atoms with van der Waals surface area (Å²) in [6.45, 7) is 2.27. The average molecular weight is 371 g/mol. The Morgan fingerprint density at radius 2 is 1.48 bits per heavy atom. The number of benzene rings is 4. The van der Waals surface area contributed by atoms with E-state index in [0.29, 0.717) is 0 Å². The van der Waals surface area contributed by atoms with Crippen molar-refractivity contribution in [3.05, 3.63) is 84.6 Å². The van der Waals surface area contributed by atoms with Crippen molar-refractivity contribution in [1.82, 2.24) is 4.40 Å². The molecule has 4 aromatic carbocycles. The van der Waals surface area contributed by atoms with Crippen LogP contribution in [0.4, 0.5) is 0 Å². The maximum atomic E-state index is 2.49. The highest BCUT2D eigenvalue weighted by atomic mass is 15.0. The quantitative estimate of drug-likeness (QED) is 0.169. The standard InChI is InChI=1S/C27H19N2/c1-16-19-8-4-3-7-18(19)15-23-24(16)27-25-17(13-14-28(27)2)11-12-21-20-9-5-6-10-22(20)29(23)26(21)25/h3-15H,1-2H3/q+1. The Bertz CT molecular complexity index is 1770. The van der Waals surface area contributed by atoms with E-state index in [9.17, 15) is 0 Å². The molecule has 0 saturated heterocycles. The molecule has 136 valence electrons. The van der Waals surface area contributed by atoms with Crippen LogP contribution in [0.1, 0.15) is 5.56 Å². The molecule has 2 heteroatoms. The Balaban J connectivity index is 1.99. The molecule has 3 aromatic heterocycles. The molecule has 0 bridgehead atoms. The van der Waals surface area contributed by atoms with Gasteiger partial charge in [0, 0.05) is 16.8 Å². The zero-order valence-electron chi connectivity index (χ0n) is 16.4. The van der Waals surface area contributed by atoms with Gasteiger partial charge in [0.1, 0.15) is 7.05 Å². The smallest absolute Gasteiger partial charge is 0.224 e. The van der Waals surface area contributed by atoms with Gasteiger partial charge in [-0.2, -0.15) is 0 Å². The second kappa shape index (κ2) is 5.03. The van der Waals surface area contributed by atoms with Crippen LogP contribution in [0.3, 0.4) is 0 Å². The van der Waals surface area contributed by atoms with E-state index < -0.39 is 0 Å². The van der Waals surface area contributed by atoms with Crippen LogP contribution in [-0.4, -0.2) is 4.40 Å². The van der Waals surface area contributed by atoms with E-state index in [1.165, 1.54) is 65.3 Å². The molecule has 3 heterocycles. The van der Waals surface area contributed by atoms with Crippen LogP contribution in [-0.2, 0) is 7.05 Å². The largest absolute Gasteiger partial charge is 0.307 e. The molecule has 7 rings (SSSR count). The summed E-state index contributed by atoms with van der Waals surface area (Å²) >= 11 is 0. The highest BCUT2D eigenvalue weighted by molar-refractivity contribution is 6.28. The minimum atomic E-state index is 1.28. The van der Waals surface area contributed by atoms with Gasteiger partial charge in [-0.15, -0.1) is 0 Å². The van der Waals surface area contributed by atoms with Gasteiger partial charge in [-0.1, -0.05) is 54.6 Å². The van der Waals surface area contributed by atoms with E-state index in [4.69, 9.17) is 0 Å². The summed E-state index contributed by atoms with van der Waals surface area (Å²) < 4.78 is 4.79. The molecule has 0 radical (unpaired) electrons. The number of hydrogen-bond acceptors (Lipinski definition) is 0. The minimum absolute atomic E-state index is 1.28. The first-order valence-corrected chi connectivity index (χ1v) is 10.1. The van der Waals surface area contributed by atoms with Crippen LogP contribution < -0.4 is 4.57 Å². The summed E-state index contributed by atoms with van der Waals surface area (Å²) in [5, 5.41) is 9.28. The first-order valence-electron chi connectivity index (χ1n) is 10.1. The second-order valence-electron chi connectivity index (χ2n) is 8.17. The lowest BCUT2D eigenvalue weighted by Gasteiger charge is -2.14. The summed E-state index contributed by atoms with van der Waals surface area (Å²) in [5.41, 5.74) is 6.57. The fourth-order valence-corrected chi connectivity index (χ4v) is 5.44. The Labute approximate surface area is 167 Å². The monoisotopic (exact) mass is 371 g/mol. The summed E-state index contributed by atoms with van der Waals surface area (Å²) in [5.74, 6) is 0. The summed E-state index contributed by atoms with van der Waals surface area (Å²) in [6, 6.07) is 26.7. The normalized spacial score (nSPS) is 12.5. The Morgan fingerprint density at radius 1 is 0.690 bits per heavy atom. The molecule has 0 unspecified atom stereocenters. The van der Waals surface area contributed by atoms with Crippen molar-refractivity contribution in [3.8, 4) is 0 Å². The third-order valence-corrected chi connectivity index (χ3v) is 6.70. The molecule has 0 aliphatic rings. The molecule has 0 N–H and O–H groups in total. The van der Waals surface area contributed by atoms with Crippen molar-refractivity contribution in [2.45, 2.75) is 6.92 Å². The molecular formula is C27H19N2+. The number of nitrogens with zero attached hydrogens (tertiary/aromatic N) is 2. The van der Waals surface area contributed by atoms with Crippen LogP contribution in [0.15, 0.2) is 79.0 Å². The molecule has 0 saturated carbocycles. The van der Waals surface area contributed by atoms with Crippen LogP contribution >= 0.6 is 0 Å². The van der Waals surface area contributed by atoms with Crippen molar-refractivity contribution in [2.24, 2.45) is 7.05 Å². The summed E-state index contributed by atoms with van der Waals surface area (Å²) in [4.78, 5) is 0. The maximum Gasteiger partial charge on any atom is 0.224 e. The van der Waals surface area contributed by atoms with Crippen LogP contribution in [0.2, 0.25) is 0 Å². The highest BCUT2D eigenvalue weighted by Gasteiger charge is 2.24. The molecule has 0 aliphatic carbocycles. The summed E-state index contributed by atoms with van der Waals surface area (Å²) in [6.07, 6.45) is 2.19. The van der Waals surface area contributed by atoms with Crippen LogP contribution in [0.25, 0.3) is 59.8 Å². The van der Waals surface area contributed by atoms with Crippen LogP contribution in [0.5, 0.6) is 0 Å². The van der Waals surface area contributed by atoms with Gasteiger partial charge in [0.2, 0.25) is 5.52 Å². The van der Waals surface area contributed by atoms with Gasteiger partial charge in [0.05, 0.1) is 27.3 Å². The van der Waals surface area contributed by atoms with Gasteiger partial charge in [-0.25, -0.2) is 4.57 Å². The van der Waals surface area contributed by atoms with E-state index in [1.54, 1.807) is 0 Å². The fraction of sp³-hybridized carbons (Fsp3) is 0.0741. The van der Waals surface area contributed by atoms with Crippen molar-refractivity contribution >= 4 is 59.8 Å². The van der Waals surface area contributed by atoms with Gasteiger partial charge in [-0.05, 0) is 40.8 Å². The molecule has 0 spiro atoms. The molecule has 0 amide bonds. The first kappa shape index (κ1) is 15.3.